The molecule has 15 heterocycles. The zero-order chi connectivity index (χ0) is 98.9. The van der Waals surface area contributed by atoms with Crippen molar-refractivity contribution in [1.82, 2.24) is 24.9 Å². The van der Waals surface area contributed by atoms with Crippen LogP contribution in [-0.2, 0) is 35.2 Å². The summed E-state index contributed by atoms with van der Waals surface area (Å²) in [6.45, 7) is -2.81. The molecule has 20 rings (SSSR count). The third-order valence-electron chi connectivity index (χ3n) is 21.1. The molecule has 0 aliphatic rings. The monoisotopic (exact) mass is 1540 g/mol. The predicted molar refractivity (Wildman–Crippen MR) is 462 cm³/mol. The first-order valence-electron chi connectivity index (χ1n) is 48.2. The topological polar surface area (TPSA) is 150 Å². The van der Waals surface area contributed by atoms with Gasteiger partial charge in [-0.15, -0.1) is 0 Å². The molecule has 0 aliphatic carbocycles. The van der Waals surface area contributed by atoms with E-state index in [4.69, 9.17) is 52.2 Å². The lowest BCUT2D eigenvalue weighted by atomic mass is 9.97. The molecular formula is C100H95N10O5+5. The van der Waals surface area contributed by atoms with Crippen LogP contribution in [0.5, 0.6) is 0 Å². The Balaban J connectivity index is 0.000000124. The van der Waals surface area contributed by atoms with Gasteiger partial charge >= 0.3 is 0 Å². The summed E-state index contributed by atoms with van der Waals surface area (Å²) in [5.41, 5.74) is 21.2. The van der Waals surface area contributed by atoms with E-state index in [0.717, 1.165) is 122 Å². The molecule has 570 valence electrons. The van der Waals surface area contributed by atoms with Gasteiger partial charge < -0.3 is 22.1 Å². The maximum Gasteiger partial charge on any atom is 0.227 e. The Morgan fingerprint density at radius 1 is 0.296 bits per heavy atom. The van der Waals surface area contributed by atoms with Crippen LogP contribution < -0.4 is 22.8 Å². The summed E-state index contributed by atoms with van der Waals surface area (Å²) < 4.78 is 211. The molecular weight excluding hydrogens is 1420 g/mol. The summed E-state index contributed by atoms with van der Waals surface area (Å²) >= 11 is 0. The summed E-state index contributed by atoms with van der Waals surface area (Å²) in [6, 6.07) is 49.7. The highest BCUT2D eigenvalue weighted by Gasteiger charge is 2.28. The van der Waals surface area contributed by atoms with Crippen molar-refractivity contribution in [3.63, 3.8) is 0 Å². The Hall–Kier alpha value is -13.4. The summed E-state index contributed by atoms with van der Waals surface area (Å²) in [4.78, 5) is 21.4. The van der Waals surface area contributed by atoms with Crippen molar-refractivity contribution >= 4 is 110 Å². The highest BCUT2D eigenvalue weighted by molar-refractivity contribution is 6.14. The third-order valence-corrected chi connectivity index (χ3v) is 21.1. The first-order valence-corrected chi connectivity index (χ1v) is 37.2. The van der Waals surface area contributed by atoms with E-state index >= 15 is 0 Å². The maximum atomic E-state index is 8.45. The van der Waals surface area contributed by atoms with E-state index in [0.29, 0.717) is 94.7 Å². The van der Waals surface area contributed by atoms with Crippen LogP contribution in [0.25, 0.3) is 167 Å². The van der Waals surface area contributed by atoms with Gasteiger partial charge in [0.05, 0.1) is 27.8 Å². The minimum atomic E-state index is -2.44. The number of benzene rings is 5. The van der Waals surface area contributed by atoms with Crippen LogP contribution in [0.1, 0.15) is 122 Å². The summed E-state index contributed by atoms with van der Waals surface area (Å²) in [6.07, 6.45) is 16.6. The summed E-state index contributed by atoms with van der Waals surface area (Å²) in [7, 11) is 9.13. The van der Waals surface area contributed by atoms with Crippen LogP contribution in [0.2, 0.25) is 0 Å². The van der Waals surface area contributed by atoms with Gasteiger partial charge in [0.25, 0.3) is 0 Å². The Bertz CT molecular complexity index is 8000. The fourth-order valence-corrected chi connectivity index (χ4v) is 15.4. The molecule has 115 heavy (non-hydrogen) atoms. The lowest BCUT2D eigenvalue weighted by molar-refractivity contribution is -0.660. The largest absolute Gasteiger partial charge is 0.437 e. The Morgan fingerprint density at radius 3 is 1.00 bits per heavy atom. The first kappa shape index (κ1) is 53.5. The standard InChI is InChI=1S/C21H21N2O.3C20H19N2O.C19H17N2O/c1-13(2)15-9-11-23(4)18(12-15)19-14(3)7-8-16-17-6-5-10-22-21(17)24-20(16)19;1-12-7-8-15-16-6-5-9-21-20(16)23-19(15)18(12)17-10-13(2)14(3)11-22(17)4;2*1-12-7-8-16(22(4)11-12)18-14(3)10-13(2)17-15-6-5-9-21-20(15)23-19(17)18;1-12-6-9-16(21(3)11-12)17-13(2)7-8-14-15-5-4-10-20-19(15)22-18(14)17/h5-13H,1-4H3;3*5-11H,1-4H3;4-11H,1-3H3/q5*+1/i1D3,13D;3D3;2*1D3,2D3;1D3. The van der Waals surface area contributed by atoms with Crippen molar-refractivity contribution in [3.05, 3.63) is 298 Å². The van der Waals surface area contributed by atoms with Gasteiger partial charge in [0.1, 0.15) is 35.2 Å². The molecule has 5 aromatic carbocycles. The fraction of sp³-hybridized carbons (Fsp3) is 0.200. The van der Waals surface area contributed by atoms with Crippen molar-refractivity contribution in [2.24, 2.45) is 35.2 Å². The van der Waals surface area contributed by atoms with E-state index < -0.39 is 53.9 Å². The second kappa shape index (κ2) is 30.6. The smallest absolute Gasteiger partial charge is 0.227 e. The van der Waals surface area contributed by atoms with Gasteiger partial charge in [0.15, 0.2) is 58.9 Å². The van der Waals surface area contributed by atoms with E-state index in [1.165, 1.54) is 6.92 Å². The third kappa shape index (κ3) is 14.0. The van der Waals surface area contributed by atoms with Gasteiger partial charge in [0.2, 0.25) is 57.0 Å². The van der Waals surface area contributed by atoms with Crippen LogP contribution >= 0.6 is 0 Å². The molecule has 1 unspecified atom stereocenters. The number of fused-ring (bicyclic) bond motifs is 15. The molecule has 0 amide bonds. The van der Waals surface area contributed by atoms with Gasteiger partial charge in [-0.25, -0.2) is 47.8 Å². The van der Waals surface area contributed by atoms with Crippen molar-refractivity contribution in [1.29, 1.82) is 0 Å². The second-order valence-corrected chi connectivity index (χ2v) is 29.0. The van der Waals surface area contributed by atoms with E-state index in [2.05, 4.69) is 37.1 Å². The van der Waals surface area contributed by atoms with Gasteiger partial charge in [-0.1, -0.05) is 62.3 Å². The van der Waals surface area contributed by atoms with Crippen molar-refractivity contribution in [2.75, 3.05) is 0 Å². The van der Waals surface area contributed by atoms with E-state index in [9.17, 15) is 0 Å². The van der Waals surface area contributed by atoms with E-state index in [1.807, 2.05) is 149 Å². The number of hydrogen-bond donors (Lipinski definition) is 0. The van der Waals surface area contributed by atoms with Crippen LogP contribution in [0.3, 0.4) is 0 Å². The molecule has 0 fully saturated rings. The number of rotatable bonds is 6. The van der Waals surface area contributed by atoms with E-state index in [-0.39, 0.29) is 22.3 Å². The summed E-state index contributed by atoms with van der Waals surface area (Å²) in [5.74, 6) is -1.72. The highest BCUT2D eigenvalue weighted by Crippen LogP contribution is 2.43. The minimum Gasteiger partial charge on any atom is -0.437 e. The molecule has 15 nitrogen and oxygen atoms in total. The zero-order valence-corrected chi connectivity index (χ0v) is 65.4. The van der Waals surface area contributed by atoms with Crippen molar-refractivity contribution < 1.29 is 75.1 Å². The average molecular weight is 1540 g/mol. The Labute approximate surface area is 699 Å². The molecule has 0 aliphatic heterocycles. The molecule has 1 atom stereocenters. The second-order valence-electron chi connectivity index (χ2n) is 29.0. The van der Waals surface area contributed by atoms with Gasteiger partial charge in [-0.3, -0.25) is 0 Å². The quantitative estimate of drug-likeness (QED) is 0.147. The number of aryl methyl sites for hydroxylation is 17. The number of aromatic nitrogens is 10. The fourth-order valence-electron chi connectivity index (χ4n) is 15.4. The van der Waals surface area contributed by atoms with Crippen LogP contribution in [0.15, 0.2) is 248 Å². The summed E-state index contributed by atoms with van der Waals surface area (Å²) in [5, 5.41) is 8.14. The highest BCUT2D eigenvalue weighted by atomic mass is 16.4. The molecule has 0 saturated heterocycles. The van der Waals surface area contributed by atoms with Crippen LogP contribution in [0, 0.1) is 82.7 Å². The molecule has 0 spiro atoms. The molecule has 15 aromatic heterocycles. The molecule has 0 bridgehead atoms. The SMILES string of the molecule is [2H]C([2H])([2H])C([2H])(C)c1cc[n+](C)c(-c2c(C)ccc3c2oc2ncccc23)c1.[2H]C([2H])([2H])c1c[n+](C)c(-c2c(C)ccc3c2oc2ncccc23)cc1C.[2H]C([2H])([2H])c1ccc(-c2c(C)cc(C([2H])([2H])[2H])c3c2oc2ncccc23)[n+](C)c1.[2H]C([2H])([2H])c1ccc(-c2c(C)cc(C([2H])([2H])[2H])c3c2oc2ncccc23)[n+](C)c1.[2H]C([2H])([2H])c1ccc(-c2c(C)ccc3c2oc2ncccc23)[n+](C)c1. The zero-order valence-electron chi connectivity index (χ0n) is 87.4. The van der Waals surface area contributed by atoms with Crippen LogP contribution in [-0.4, -0.2) is 24.9 Å². The minimum absolute atomic E-state index is 0.210. The van der Waals surface area contributed by atoms with Gasteiger partial charge in [-0.05, 0) is 217 Å². The average Bonchev–Trinajstić information content (AvgIpc) is 1.60. The van der Waals surface area contributed by atoms with Crippen molar-refractivity contribution in [3.8, 4) is 56.3 Å². The number of furan rings is 5. The number of hydrogen-bond acceptors (Lipinski definition) is 10. The molecule has 15 heteroatoms. The molecule has 0 N–H and O–H groups in total. The van der Waals surface area contributed by atoms with Gasteiger partial charge in [-0.2, -0.15) is 0 Å². The maximum absolute atomic E-state index is 8.45. The molecule has 0 saturated carbocycles. The van der Waals surface area contributed by atoms with E-state index in [1.54, 1.807) is 164 Å². The number of pyridine rings is 10. The van der Waals surface area contributed by atoms with Crippen molar-refractivity contribution in [2.45, 2.75) is 102 Å². The van der Waals surface area contributed by atoms with Gasteiger partial charge in [0, 0.05) is 174 Å². The normalized spacial score (nSPS) is 15.6. The first-order chi connectivity index (χ1) is 64.2. The lowest BCUT2D eigenvalue weighted by Crippen LogP contribution is -2.31. The Morgan fingerprint density at radius 2 is 0.635 bits per heavy atom. The molecule has 0 radical (unpaired) electrons. The Kier molecular flexibility index (Phi) is 14.2. The lowest BCUT2D eigenvalue weighted by Gasteiger charge is -2.09. The molecule has 20 aromatic rings. The van der Waals surface area contributed by atoms with Crippen LogP contribution in [0.4, 0.5) is 0 Å². The predicted octanol–water partition coefficient (Wildman–Crippen LogP) is 22.2. The number of nitrogens with zero attached hydrogens (tertiary/aromatic N) is 10.